The van der Waals surface area contributed by atoms with Crippen molar-refractivity contribution in [2.45, 2.75) is 26.7 Å². The van der Waals surface area contributed by atoms with Gasteiger partial charge < -0.3 is 4.90 Å². The highest BCUT2D eigenvalue weighted by atomic mass is 32.1. The van der Waals surface area contributed by atoms with Gasteiger partial charge in [-0.25, -0.2) is 4.98 Å². The zero-order valence-electron chi connectivity index (χ0n) is 14.5. The molecule has 0 bridgehead atoms. The first-order valence-corrected chi connectivity index (χ1v) is 9.35. The van der Waals surface area contributed by atoms with Gasteiger partial charge in [0.1, 0.15) is 4.88 Å². The highest BCUT2D eigenvalue weighted by Crippen LogP contribution is 2.34. The normalized spacial score (nSPS) is 13.1. The van der Waals surface area contributed by atoms with E-state index in [4.69, 9.17) is 0 Å². The number of amides is 1. The molecule has 0 saturated heterocycles. The molecule has 0 saturated carbocycles. The lowest BCUT2D eigenvalue weighted by Crippen LogP contribution is -2.29. The van der Waals surface area contributed by atoms with E-state index in [9.17, 15) is 4.79 Å². The summed E-state index contributed by atoms with van der Waals surface area (Å²) < 4.78 is 0. The molecule has 0 fully saturated rings. The van der Waals surface area contributed by atoms with Crippen LogP contribution in [0.5, 0.6) is 0 Å². The van der Waals surface area contributed by atoms with E-state index < -0.39 is 0 Å². The lowest BCUT2D eigenvalue weighted by atomic mass is 10.1. The van der Waals surface area contributed by atoms with Crippen LogP contribution in [-0.2, 0) is 12.8 Å². The summed E-state index contributed by atoms with van der Waals surface area (Å²) in [4.78, 5) is 20.5. The molecule has 2 aromatic carbocycles. The van der Waals surface area contributed by atoms with Gasteiger partial charge in [0, 0.05) is 13.0 Å². The third-order valence-electron chi connectivity index (χ3n) is 4.67. The van der Waals surface area contributed by atoms with Gasteiger partial charge in [-0.1, -0.05) is 48.5 Å². The minimum atomic E-state index is 0.0855. The third-order valence-corrected chi connectivity index (χ3v) is 5.82. The van der Waals surface area contributed by atoms with E-state index in [1.54, 1.807) is 0 Å². The van der Waals surface area contributed by atoms with Crippen LogP contribution < -0.4 is 4.90 Å². The number of fused-ring (bicyclic) bond motifs is 1. The standard InChI is InChI=1S/C21H20N2OS/c1-14-7-6-10-17-11-12-23(19(14)17)21(24)20-15(2)22-18(25-20)13-16-8-4-3-5-9-16/h3-10H,11-13H2,1-2H3. The second kappa shape index (κ2) is 6.45. The molecule has 0 N–H and O–H groups in total. The van der Waals surface area contributed by atoms with E-state index in [0.29, 0.717) is 0 Å². The van der Waals surface area contributed by atoms with Crippen molar-refractivity contribution in [3.63, 3.8) is 0 Å². The highest BCUT2D eigenvalue weighted by molar-refractivity contribution is 7.14. The SMILES string of the molecule is Cc1cccc2c1N(C(=O)c1sc(Cc3ccccc3)nc1C)CC2. The molecule has 2 heterocycles. The Hall–Kier alpha value is -2.46. The van der Waals surface area contributed by atoms with Gasteiger partial charge in [0.15, 0.2) is 0 Å². The molecule has 4 heteroatoms. The number of hydrogen-bond acceptors (Lipinski definition) is 3. The van der Waals surface area contributed by atoms with Gasteiger partial charge in [0.25, 0.3) is 5.91 Å². The van der Waals surface area contributed by atoms with Crippen molar-refractivity contribution < 1.29 is 4.79 Å². The van der Waals surface area contributed by atoms with E-state index in [2.05, 4.69) is 42.2 Å². The maximum atomic E-state index is 13.1. The molecule has 1 amide bonds. The Morgan fingerprint density at radius 2 is 1.92 bits per heavy atom. The molecule has 126 valence electrons. The summed E-state index contributed by atoms with van der Waals surface area (Å²) in [5, 5.41) is 0.997. The van der Waals surface area contributed by atoms with Crippen molar-refractivity contribution in [2.24, 2.45) is 0 Å². The Bertz CT molecular complexity index is 930. The van der Waals surface area contributed by atoms with Gasteiger partial charge in [-0.3, -0.25) is 4.79 Å². The Kier molecular flexibility index (Phi) is 4.14. The summed E-state index contributed by atoms with van der Waals surface area (Å²) in [6, 6.07) is 16.5. The molecule has 0 aliphatic carbocycles. The molecule has 4 rings (SSSR count). The van der Waals surface area contributed by atoms with Gasteiger partial charge in [0.05, 0.1) is 16.4 Å². The van der Waals surface area contributed by atoms with Crippen LogP contribution in [0.4, 0.5) is 5.69 Å². The van der Waals surface area contributed by atoms with Crippen LogP contribution in [0.2, 0.25) is 0 Å². The van der Waals surface area contributed by atoms with Crippen LogP contribution in [0.15, 0.2) is 48.5 Å². The number of carbonyl (C=O) groups excluding carboxylic acids is 1. The molecular weight excluding hydrogens is 328 g/mol. The number of carbonyl (C=O) groups is 1. The Labute approximate surface area is 152 Å². The zero-order valence-corrected chi connectivity index (χ0v) is 15.3. The molecular formula is C21H20N2OS. The fraction of sp³-hybridized carbons (Fsp3) is 0.238. The predicted octanol–water partition coefficient (Wildman–Crippen LogP) is 4.55. The van der Waals surface area contributed by atoms with Crippen molar-refractivity contribution in [1.29, 1.82) is 0 Å². The Balaban J connectivity index is 1.62. The first kappa shape index (κ1) is 16.0. The van der Waals surface area contributed by atoms with E-state index in [1.807, 2.05) is 30.0 Å². The highest BCUT2D eigenvalue weighted by Gasteiger charge is 2.29. The van der Waals surface area contributed by atoms with Gasteiger partial charge in [-0.15, -0.1) is 11.3 Å². The van der Waals surface area contributed by atoms with E-state index >= 15 is 0 Å². The summed E-state index contributed by atoms with van der Waals surface area (Å²) in [6.45, 7) is 4.77. The van der Waals surface area contributed by atoms with Gasteiger partial charge >= 0.3 is 0 Å². The Morgan fingerprint density at radius 3 is 2.72 bits per heavy atom. The summed E-state index contributed by atoms with van der Waals surface area (Å²) in [5.74, 6) is 0.0855. The molecule has 0 spiro atoms. The number of thiazole rings is 1. The number of aryl methyl sites for hydroxylation is 2. The number of anilines is 1. The number of rotatable bonds is 3. The smallest absolute Gasteiger partial charge is 0.270 e. The molecule has 3 aromatic rings. The maximum absolute atomic E-state index is 13.1. The number of hydrogen-bond donors (Lipinski definition) is 0. The van der Waals surface area contributed by atoms with E-state index in [-0.39, 0.29) is 5.91 Å². The minimum absolute atomic E-state index is 0.0855. The van der Waals surface area contributed by atoms with Crippen LogP contribution in [0.25, 0.3) is 0 Å². The third kappa shape index (κ3) is 2.98. The van der Waals surface area contributed by atoms with Crippen molar-refractivity contribution in [2.75, 3.05) is 11.4 Å². The van der Waals surface area contributed by atoms with E-state index in [1.165, 1.54) is 22.5 Å². The zero-order chi connectivity index (χ0) is 17.4. The van der Waals surface area contributed by atoms with Crippen molar-refractivity contribution in [3.05, 3.63) is 80.8 Å². The summed E-state index contributed by atoms with van der Waals surface area (Å²) in [7, 11) is 0. The summed E-state index contributed by atoms with van der Waals surface area (Å²) in [6.07, 6.45) is 1.70. The molecule has 3 nitrogen and oxygen atoms in total. The predicted molar refractivity (Wildman–Crippen MR) is 103 cm³/mol. The summed E-state index contributed by atoms with van der Waals surface area (Å²) in [5.41, 5.74) is 5.57. The molecule has 0 radical (unpaired) electrons. The molecule has 25 heavy (non-hydrogen) atoms. The second-order valence-corrected chi connectivity index (χ2v) is 7.56. The molecule has 0 unspecified atom stereocenters. The first-order valence-electron chi connectivity index (χ1n) is 8.54. The lowest BCUT2D eigenvalue weighted by molar-refractivity contribution is 0.0992. The molecule has 1 aliphatic rings. The van der Waals surface area contributed by atoms with Gasteiger partial charge in [-0.2, -0.15) is 0 Å². The fourth-order valence-corrected chi connectivity index (χ4v) is 4.52. The first-order chi connectivity index (χ1) is 12.1. The Morgan fingerprint density at radius 1 is 1.12 bits per heavy atom. The van der Waals surface area contributed by atoms with Crippen LogP contribution in [-0.4, -0.2) is 17.4 Å². The second-order valence-electron chi connectivity index (χ2n) is 6.47. The van der Waals surface area contributed by atoms with Crippen LogP contribution >= 0.6 is 11.3 Å². The molecule has 0 atom stereocenters. The molecule has 1 aromatic heterocycles. The van der Waals surface area contributed by atoms with Crippen LogP contribution in [0, 0.1) is 13.8 Å². The molecule has 1 aliphatic heterocycles. The van der Waals surface area contributed by atoms with Crippen LogP contribution in [0.1, 0.15) is 37.1 Å². The van der Waals surface area contributed by atoms with Crippen LogP contribution in [0.3, 0.4) is 0 Å². The fourth-order valence-electron chi connectivity index (χ4n) is 3.47. The number of benzene rings is 2. The maximum Gasteiger partial charge on any atom is 0.270 e. The average Bonchev–Trinajstić information content (AvgIpc) is 3.20. The van der Waals surface area contributed by atoms with E-state index in [0.717, 1.165) is 46.2 Å². The van der Waals surface area contributed by atoms with Crippen molar-refractivity contribution in [3.8, 4) is 0 Å². The van der Waals surface area contributed by atoms with Crippen molar-refractivity contribution in [1.82, 2.24) is 4.98 Å². The number of nitrogens with zero attached hydrogens (tertiary/aromatic N) is 2. The monoisotopic (exact) mass is 348 g/mol. The summed E-state index contributed by atoms with van der Waals surface area (Å²) >= 11 is 1.53. The largest absolute Gasteiger partial charge is 0.307 e. The minimum Gasteiger partial charge on any atom is -0.307 e. The number of para-hydroxylation sites is 1. The quantitative estimate of drug-likeness (QED) is 0.695. The number of aromatic nitrogens is 1. The van der Waals surface area contributed by atoms with Gasteiger partial charge in [-0.05, 0) is 37.0 Å². The van der Waals surface area contributed by atoms with Crippen molar-refractivity contribution >= 4 is 22.9 Å². The average molecular weight is 348 g/mol. The lowest BCUT2D eigenvalue weighted by Gasteiger charge is -2.18. The van der Waals surface area contributed by atoms with Gasteiger partial charge in [0.2, 0.25) is 0 Å². The topological polar surface area (TPSA) is 33.2 Å².